The van der Waals surface area contributed by atoms with Gasteiger partial charge in [-0.3, -0.25) is 0 Å². The Morgan fingerprint density at radius 2 is 2.18 bits per heavy atom. The summed E-state index contributed by atoms with van der Waals surface area (Å²) in [4.78, 5) is 0. The average Bonchev–Trinajstić information content (AvgIpc) is 1.95. The fourth-order valence-corrected chi connectivity index (χ4v) is 1.75. The zero-order chi connectivity index (χ0) is 8.48. The second-order valence-electron chi connectivity index (χ2n) is 4.17. The molecule has 0 amide bonds. The van der Waals surface area contributed by atoms with Crippen LogP contribution in [0.4, 0.5) is 0 Å². The molecule has 1 heteroatoms. The van der Waals surface area contributed by atoms with Gasteiger partial charge in [0, 0.05) is 0 Å². The SMILES string of the molecule is C/C=C1\CC[C@H](O)C(C)(C)C1. The van der Waals surface area contributed by atoms with Crippen molar-refractivity contribution in [1.82, 2.24) is 0 Å². The summed E-state index contributed by atoms with van der Waals surface area (Å²) >= 11 is 0. The molecule has 0 spiro atoms. The number of allylic oxidation sites excluding steroid dienone is 2. The average molecular weight is 154 g/mol. The number of aliphatic hydroxyl groups excluding tert-OH is 1. The molecule has 64 valence electrons. The summed E-state index contributed by atoms with van der Waals surface area (Å²) < 4.78 is 0. The minimum absolute atomic E-state index is 0.0973. The Morgan fingerprint density at radius 3 is 2.64 bits per heavy atom. The number of hydrogen-bond acceptors (Lipinski definition) is 1. The van der Waals surface area contributed by atoms with Crippen LogP contribution >= 0.6 is 0 Å². The number of aliphatic hydroxyl groups is 1. The van der Waals surface area contributed by atoms with Gasteiger partial charge in [-0.05, 0) is 31.6 Å². The third kappa shape index (κ3) is 1.84. The summed E-state index contributed by atoms with van der Waals surface area (Å²) in [5.74, 6) is 0. The summed E-state index contributed by atoms with van der Waals surface area (Å²) in [5.41, 5.74) is 1.60. The van der Waals surface area contributed by atoms with E-state index in [0.717, 1.165) is 19.3 Å². The van der Waals surface area contributed by atoms with Crippen LogP contribution in [0.2, 0.25) is 0 Å². The highest BCUT2D eigenvalue weighted by Crippen LogP contribution is 2.38. The molecule has 0 heterocycles. The molecule has 0 aromatic carbocycles. The molecule has 1 saturated carbocycles. The zero-order valence-corrected chi connectivity index (χ0v) is 7.72. The lowest BCUT2D eigenvalue weighted by atomic mass is 9.73. The first kappa shape index (κ1) is 8.79. The first-order valence-electron chi connectivity index (χ1n) is 4.38. The van der Waals surface area contributed by atoms with Gasteiger partial charge in [-0.2, -0.15) is 0 Å². The topological polar surface area (TPSA) is 20.2 Å². The molecule has 1 atom stereocenters. The van der Waals surface area contributed by atoms with Crippen molar-refractivity contribution < 1.29 is 5.11 Å². The first-order chi connectivity index (χ1) is 5.06. The summed E-state index contributed by atoms with van der Waals surface area (Å²) in [6.45, 7) is 6.36. The summed E-state index contributed by atoms with van der Waals surface area (Å²) in [6.07, 6.45) is 5.16. The standard InChI is InChI=1S/C10H18O/c1-4-8-5-6-9(11)10(2,3)7-8/h4,9,11H,5-7H2,1-3H3/b8-4+/t9-/m0/s1. The molecule has 0 aromatic rings. The van der Waals surface area contributed by atoms with E-state index >= 15 is 0 Å². The van der Waals surface area contributed by atoms with Gasteiger partial charge in [-0.1, -0.05) is 25.5 Å². The van der Waals surface area contributed by atoms with E-state index in [4.69, 9.17) is 0 Å². The highest BCUT2D eigenvalue weighted by molar-refractivity contribution is 5.09. The molecule has 0 unspecified atom stereocenters. The lowest BCUT2D eigenvalue weighted by molar-refractivity contribution is 0.0292. The fourth-order valence-electron chi connectivity index (χ4n) is 1.75. The van der Waals surface area contributed by atoms with Crippen molar-refractivity contribution in [3.8, 4) is 0 Å². The maximum absolute atomic E-state index is 9.62. The van der Waals surface area contributed by atoms with Crippen LogP contribution in [0.25, 0.3) is 0 Å². The normalized spacial score (nSPS) is 34.2. The molecule has 0 saturated heterocycles. The van der Waals surface area contributed by atoms with E-state index in [0.29, 0.717) is 0 Å². The molecule has 1 rings (SSSR count). The van der Waals surface area contributed by atoms with Gasteiger partial charge in [0.1, 0.15) is 0 Å². The Labute approximate surface area is 69.1 Å². The van der Waals surface area contributed by atoms with Crippen molar-refractivity contribution in [3.63, 3.8) is 0 Å². The molecule has 0 aliphatic heterocycles. The van der Waals surface area contributed by atoms with Gasteiger partial charge in [0.05, 0.1) is 6.10 Å². The highest BCUT2D eigenvalue weighted by atomic mass is 16.3. The Kier molecular flexibility index (Phi) is 2.38. The van der Waals surface area contributed by atoms with Gasteiger partial charge in [0.15, 0.2) is 0 Å². The predicted octanol–water partition coefficient (Wildman–Crippen LogP) is 2.50. The highest BCUT2D eigenvalue weighted by Gasteiger charge is 2.32. The molecule has 1 aliphatic carbocycles. The molecule has 1 nitrogen and oxygen atoms in total. The Morgan fingerprint density at radius 1 is 1.55 bits per heavy atom. The van der Waals surface area contributed by atoms with Gasteiger partial charge in [0.25, 0.3) is 0 Å². The summed E-state index contributed by atoms with van der Waals surface area (Å²) in [7, 11) is 0. The van der Waals surface area contributed by atoms with Crippen LogP contribution in [-0.4, -0.2) is 11.2 Å². The predicted molar refractivity (Wildman–Crippen MR) is 47.4 cm³/mol. The summed E-state index contributed by atoms with van der Waals surface area (Å²) in [5, 5.41) is 9.62. The monoisotopic (exact) mass is 154 g/mol. The van der Waals surface area contributed by atoms with E-state index in [1.54, 1.807) is 0 Å². The van der Waals surface area contributed by atoms with E-state index in [1.165, 1.54) is 5.57 Å². The maximum Gasteiger partial charge on any atom is 0.0597 e. The van der Waals surface area contributed by atoms with E-state index in [9.17, 15) is 5.11 Å². The van der Waals surface area contributed by atoms with E-state index < -0.39 is 0 Å². The molecule has 0 aromatic heterocycles. The largest absolute Gasteiger partial charge is 0.393 e. The maximum atomic E-state index is 9.62. The molecule has 1 fully saturated rings. The molecule has 0 radical (unpaired) electrons. The van der Waals surface area contributed by atoms with Gasteiger partial charge in [-0.15, -0.1) is 0 Å². The van der Waals surface area contributed by atoms with Crippen LogP contribution < -0.4 is 0 Å². The molecule has 1 aliphatic rings. The van der Waals surface area contributed by atoms with Gasteiger partial charge >= 0.3 is 0 Å². The van der Waals surface area contributed by atoms with Crippen molar-refractivity contribution in [2.45, 2.75) is 46.1 Å². The van der Waals surface area contributed by atoms with Crippen molar-refractivity contribution in [3.05, 3.63) is 11.6 Å². The Balaban J connectivity index is 2.67. The van der Waals surface area contributed by atoms with Gasteiger partial charge in [0.2, 0.25) is 0 Å². The van der Waals surface area contributed by atoms with E-state index in [1.807, 2.05) is 0 Å². The number of rotatable bonds is 0. The third-order valence-corrected chi connectivity index (χ3v) is 2.73. The van der Waals surface area contributed by atoms with Crippen LogP contribution in [0.1, 0.15) is 40.0 Å². The van der Waals surface area contributed by atoms with Gasteiger partial charge < -0.3 is 5.11 Å². The molecule has 0 bridgehead atoms. The minimum atomic E-state index is -0.105. The molecule has 1 N–H and O–H groups in total. The second-order valence-corrected chi connectivity index (χ2v) is 4.17. The van der Waals surface area contributed by atoms with E-state index in [-0.39, 0.29) is 11.5 Å². The van der Waals surface area contributed by atoms with Crippen LogP contribution in [0, 0.1) is 5.41 Å². The fraction of sp³-hybridized carbons (Fsp3) is 0.800. The second kappa shape index (κ2) is 2.98. The van der Waals surface area contributed by atoms with E-state index in [2.05, 4.69) is 26.8 Å². The van der Waals surface area contributed by atoms with Crippen LogP contribution in [0.3, 0.4) is 0 Å². The van der Waals surface area contributed by atoms with Crippen molar-refractivity contribution >= 4 is 0 Å². The van der Waals surface area contributed by atoms with Gasteiger partial charge in [-0.25, -0.2) is 0 Å². The first-order valence-corrected chi connectivity index (χ1v) is 4.38. The summed E-state index contributed by atoms with van der Waals surface area (Å²) in [6, 6.07) is 0. The van der Waals surface area contributed by atoms with Crippen LogP contribution in [-0.2, 0) is 0 Å². The molecular formula is C10H18O. The lowest BCUT2D eigenvalue weighted by Crippen LogP contribution is -2.33. The third-order valence-electron chi connectivity index (χ3n) is 2.73. The zero-order valence-electron chi connectivity index (χ0n) is 7.72. The van der Waals surface area contributed by atoms with Crippen molar-refractivity contribution in [2.75, 3.05) is 0 Å². The molecular weight excluding hydrogens is 136 g/mol. The van der Waals surface area contributed by atoms with Crippen molar-refractivity contribution in [1.29, 1.82) is 0 Å². The van der Waals surface area contributed by atoms with Crippen molar-refractivity contribution in [2.24, 2.45) is 5.41 Å². The van der Waals surface area contributed by atoms with Crippen LogP contribution in [0.15, 0.2) is 11.6 Å². The molecule has 11 heavy (non-hydrogen) atoms. The minimum Gasteiger partial charge on any atom is -0.393 e. The quantitative estimate of drug-likeness (QED) is 0.531. The Bertz CT molecular complexity index is 168. The Hall–Kier alpha value is -0.300. The lowest BCUT2D eigenvalue weighted by Gasteiger charge is -2.36. The number of hydrogen-bond donors (Lipinski definition) is 1. The van der Waals surface area contributed by atoms with Crippen LogP contribution in [0.5, 0.6) is 0 Å². The smallest absolute Gasteiger partial charge is 0.0597 e.